The summed E-state index contributed by atoms with van der Waals surface area (Å²) in [5, 5.41) is 10.3. The van der Waals surface area contributed by atoms with Gasteiger partial charge in [0.25, 0.3) is 5.91 Å². The molecule has 0 saturated carbocycles. The van der Waals surface area contributed by atoms with E-state index < -0.39 is 0 Å². The number of amides is 1. The van der Waals surface area contributed by atoms with Crippen molar-refractivity contribution in [1.29, 1.82) is 0 Å². The first-order valence-corrected chi connectivity index (χ1v) is 8.17. The Kier molecular flexibility index (Phi) is 5.02. The maximum absolute atomic E-state index is 13.1. The molecule has 1 amide bonds. The van der Waals surface area contributed by atoms with Crippen molar-refractivity contribution in [2.75, 3.05) is 13.1 Å². The largest absolute Gasteiger partial charge is 0.330 e. The molecule has 0 spiro atoms. The van der Waals surface area contributed by atoms with Crippen LogP contribution in [0, 0.1) is 6.92 Å². The second-order valence-corrected chi connectivity index (χ2v) is 6.00. The molecule has 1 unspecified atom stereocenters. The molecule has 0 aliphatic carbocycles. The average Bonchev–Trinajstić information content (AvgIpc) is 2.84. The second kappa shape index (κ2) is 7.37. The Morgan fingerprint density at radius 1 is 1.35 bits per heavy atom. The Hall–Kier alpha value is -2.21. The first-order valence-electron chi connectivity index (χ1n) is 8.17. The van der Waals surface area contributed by atoms with Gasteiger partial charge >= 0.3 is 0 Å². The zero-order chi connectivity index (χ0) is 16.1. The normalized spacial score (nSPS) is 18.4. The van der Waals surface area contributed by atoms with Crippen LogP contribution in [0.4, 0.5) is 0 Å². The molecule has 6 heteroatoms. The Morgan fingerprint density at radius 3 is 3.00 bits per heavy atom. The molecule has 2 aromatic heterocycles. The van der Waals surface area contributed by atoms with E-state index in [1.165, 1.54) is 0 Å². The topological polar surface area (TPSA) is 73.9 Å². The Balaban J connectivity index is 1.86. The molecule has 1 aliphatic heterocycles. The highest BCUT2D eigenvalue weighted by Gasteiger charge is 2.27. The molecular formula is C17H23N5O. The Bertz CT molecular complexity index is 631. The minimum Gasteiger partial charge on any atom is -0.330 e. The van der Waals surface area contributed by atoms with Crippen LogP contribution >= 0.6 is 0 Å². The number of nitrogens with one attached hydrogen (secondary N) is 2. The van der Waals surface area contributed by atoms with Crippen LogP contribution in [0.2, 0.25) is 0 Å². The van der Waals surface area contributed by atoms with Crippen LogP contribution in [0.5, 0.6) is 0 Å². The van der Waals surface area contributed by atoms with Crippen LogP contribution in [-0.4, -0.2) is 45.1 Å². The van der Waals surface area contributed by atoms with Gasteiger partial charge in [-0.2, -0.15) is 5.10 Å². The predicted octanol–water partition coefficient (Wildman–Crippen LogP) is 1.90. The lowest BCUT2D eigenvalue weighted by Gasteiger charge is -2.31. The number of aryl methyl sites for hydroxylation is 1. The molecule has 1 fully saturated rings. The number of rotatable bonds is 4. The van der Waals surface area contributed by atoms with Crippen molar-refractivity contribution >= 4 is 5.91 Å². The average molecular weight is 313 g/mol. The number of carbonyl (C=O) groups excluding carboxylic acids is 1. The van der Waals surface area contributed by atoms with Crippen molar-refractivity contribution in [3.8, 4) is 0 Å². The van der Waals surface area contributed by atoms with E-state index in [4.69, 9.17) is 0 Å². The minimum absolute atomic E-state index is 0.0359. The molecule has 23 heavy (non-hydrogen) atoms. The number of nitrogens with zero attached hydrogens (tertiary/aromatic N) is 3. The Labute approximate surface area is 136 Å². The smallest absolute Gasteiger partial charge is 0.257 e. The number of carbonyl (C=O) groups is 1. The predicted molar refractivity (Wildman–Crippen MR) is 87.9 cm³/mol. The van der Waals surface area contributed by atoms with Gasteiger partial charge in [0.05, 0.1) is 24.0 Å². The molecule has 3 heterocycles. The van der Waals surface area contributed by atoms with Crippen LogP contribution in [0.3, 0.4) is 0 Å². The van der Waals surface area contributed by atoms with Gasteiger partial charge in [-0.05, 0) is 51.4 Å². The zero-order valence-corrected chi connectivity index (χ0v) is 13.5. The molecule has 1 saturated heterocycles. The molecule has 1 atom stereocenters. The van der Waals surface area contributed by atoms with Crippen molar-refractivity contribution in [3.63, 3.8) is 0 Å². The van der Waals surface area contributed by atoms with Gasteiger partial charge in [-0.15, -0.1) is 0 Å². The summed E-state index contributed by atoms with van der Waals surface area (Å²) >= 11 is 0. The molecule has 6 nitrogen and oxygen atoms in total. The summed E-state index contributed by atoms with van der Waals surface area (Å²) in [6.07, 6.45) is 6.47. The summed E-state index contributed by atoms with van der Waals surface area (Å²) in [6, 6.07) is 6.06. The fraction of sp³-hybridized carbons (Fsp3) is 0.471. The van der Waals surface area contributed by atoms with Crippen molar-refractivity contribution in [3.05, 3.63) is 47.5 Å². The summed E-state index contributed by atoms with van der Waals surface area (Å²) in [5.41, 5.74) is 2.38. The summed E-state index contributed by atoms with van der Waals surface area (Å²) < 4.78 is 0. The SMILES string of the molecule is Cc1[nH]ncc1C(=O)N(Cc1ccccn1)C1CCCNCC1. The number of hydrogen-bond donors (Lipinski definition) is 2. The lowest BCUT2D eigenvalue weighted by molar-refractivity contribution is 0.0641. The number of aromatic nitrogens is 3. The van der Waals surface area contributed by atoms with E-state index in [9.17, 15) is 4.79 Å². The monoisotopic (exact) mass is 313 g/mol. The van der Waals surface area contributed by atoms with Crippen LogP contribution in [0.1, 0.15) is 41.0 Å². The second-order valence-electron chi connectivity index (χ2n) is 6.00. The zero-order valence-electron chi connectivity index (χ0n) is 13.5. The van der Waals surface area contributed by atoms with Crippen molar-refractivity contribution in [1.82, 2.24) is 25.4 Å². The third kappa shape index (κ3) is 3.76. The fourth-order valence-electron chi connectivity index (χ4n) is 3.07. The maximum atomic E-state index is 13.1. The highest BCUT2D eigenvalue weighted by Crippen LogP contribution is 2.20. The van der Waals surface area contributed by atoms with Gasteiger partial charge in [0.15, 0.2) is 0 Å². The van der Waals surface area contributed by atoms with Crippen LogP contribution in [0.25, 0.3) is 0 Å². The van der Waals surface area contributed by atoms with E-state index in [2.05, 4.69) is 20.5 Å². The van der Waals surface area contributed by atoms with E-state index in [0.717, 1.165) is 43.7 Å². The van der Waals surface area contributed by atoms with E-state index in [1.807, 2.05) is 30.0 Å². The molecule has 1 aliphatic rings. The van der Waals surface area contributed by atoms with Gasteiger partial charge in [0.2, 0.25) is 0 Å². The quantitative estimate of drug-likeness (QED) is 0.904. The molecule has 122 valence electrons. The van der Waals surface area contributed by atoms with E-state index >= 15 is 0 Å². The van der Waals surface area contributed by atoms with Crippen LogP contribution < -0.4 is 5.32 Å². The molecule has 2 aromatic rings. The molecule has 0 aromatic carbocycles. The fourth-order valence-corrected chi connectivity index (χ4v) is 3.07. The highest BCUT2D eigenvalue weighted by molar-refractivity contribution is 5.95. The third-order valence-electron chi connectivity index (χ3n) is 4.37. The van der Waals surface area contributed by atoms with Crippen molar-refractivity contribution < 1.29 is 4.79 Å². The molecular weight excluding hydrogens is 290 g/mol. The summed E-state index contributed by atoms with van der Waals surface area (Å²) in [4.78, 5) is 19.4. The lowest BCUT2D eigenvalue weighted by Crippen LogP contribution is -2.40. The van der Waals surface area contributed by atoms with Gasteiger partial charge < -0.3 is 10.2 Å². The molecule has 2 N–H and O–H groups in total. The molecule has 0 radical (unpaired) electrons. The lowest BCUT2D eigenvalue weighted by atomic mass is 10.1. The molecule has 3 rings (SSSR count). The van der Waals surface area contributed by atoms with Gasteiger partial charge in [0.1, 0.15) is 0 Å². The number of aromatic amines is 1. The third-order valence-corrected chi connectivity index (χ3v) is 4.37. The van der Waals surface area contributed by atoms with Gasteiger partial charge in [-0.25, -0.2) is 0 Å². The van der Waals surface area contributed by atoms with Crippen LogP contribution in [0.15, 0.2) is 30.6 Å². The number of pyridine rings is 1. The van der Waals surface area contributed by atoms with Crippen LogP contribution in [-0.2, 0) is 6.54 Å². The van der Waals surface area contributed by atoms with E-state index in [1.54, 1.807) is 12.4 Å². The van der Waals surface area contributed by atoms with Gasteiger partial charge in [0, 0.05) is 17.9 Å². The summed E-state index contributed by atoms with van der Waals surface area (Å²) in [7, 11) is 0. The van der Waals surface area contributed by atoms with Gasteiger partial charge in [-0.1, -0.05) is 6.07 Å². The van der Waals surface area contributed by atoms with E-state index in [-0.39, 0.29) is 11.9 Å². The maximum Gasteiger partial charge on any atom is 0.257 e. The van der Waals surface area contributed by atoms with Crippen molar-refractivity contribution in [2.24, 2.45) is 0 Å². The summed E-state index contributed by atoms with van der Waals surface area (Å²) in [6.45, 7) is 4.39. The Morgan fingerprint density at radius 2 is 2.26 bits per heavy atom. The number of hydrogen-bond acceptors (Lipinski definition) is 4. The minimum atomic E-state index is 0.0359. The standard InChI is InChI=1S/C17H23N5O/c1-13-16(11-20-21-13)17(23)22(12-14-5-2-3-9-19-14)15-6-4-8-18-10-7-15/h2-3,5,9,11,15,18H,4,6-8,10,12H2,1H3,(H,20,21). The van der Waals surface area contributed by atoms with E-state index in [0.29, 0.717) is 12.1 Å². The summed E-state index contributed by atoms with van der Waals surface area (Å²) in [5.74, 6) is 0.0359. The first kappa shape index (κ1) is 15.7. The number of H-pyrrole nitrogens is 1. The highest BCUT2D eigenvalue weighted by atomic mass is 16.2. The van der Waals surface area contributed by atoms with Gasteiger partial charge in [-0.3, -0.25) is 14.9 Å². The first-order chi connectivity index (χ1) is 11.3. The van der Waals surface area contributed by atoms with Crippen molar-refractivity contribution in [2.45, 2.75) is 38.8 Å². The molecule has 0 bridgehead atoms.